The Balaban J connectivity index is 1.65. The number of nitrogens with one attached hydrogen (secondary N) is 2. The number of hydrogen-bond donors (Lipinski definition) is 2. The first-order chi connectivity index (χ1) is 9.72. The lowest BCUT2D eigenvalue weighted by atomic mass is 10.1. The van der Waals surface area contributed by atoms with Crippen LogP contribution in [0.2, 0.25) is 0 Å². The third-order valence-electron chi connectivity index (χ3n) is 3.57. The molecule has 0 heterocycles. The second kappa shape index (κ2) is 7.08. The Morgan fingerprint density at radius 1 is 1.05 bits per heavy atom. The molecule has 2 amide bonds. The van der Waals surface area contributed by atoms with Gasteiger partial charge in [0.05, 0.1) is 11.8 Å². The van der Waals surface area contributed by atoms with Crippen LogP contribution in [0.5, 0.6) is 0 Å². The third-order valence-corrected chi connectivity index (χ3v) is 3.57. The van der Waals surface area contributed by atoms with Crippen molar-refractivity contribution >= 4 is 11.8 Å². The number of carbonyl (C=O) groups is 2. The van der Waals surface area contributed by atoms with E-state index in [1.54, 1.807) is 0 Å². The standard InChI is InChI=1S/C16H22N2O2/c1-2-9-17-15(19)13-11-14(13)16(20)18-10-8-12-6-4-3-5-7-12/h3-7,13-14H,2,8-11H2,1H3,(H,17,19)(H,18,20). The predicted octanol–water partition coefficient (Wildman–Crippen LogP) is 1.51. The first-order valence-electron chi connectivity index (χ1n) is 7.31. The van der Waals surface area contributed by atoms with Gasteiger partial charge in [-0.05, 0) is 24.8 Å². The molecule has 2 rings (SSSR count). The van der Waals surface area contributed by atoms with Crippen LogP contribution in [-0.2, 0) is 16.0 Å². The Bertz CT molecular complexity index is 459. The molecule has 4 nitrogen and oxygen atoms in total. The van der Waals surface area contributed by atoms with Gasteiger partial charge in [-0.15, -0.1) is 0 Å². The van der Waals surface area contributed by atoms with E-state index in [2.05, 4.69) is 10.6 Å². The van der Waals surface area contributed by atoms with Crippen molar-refractivity contribution in [3.05, 3.63) is 35.9 Å². The number of rotatable bonds is 7. The zero-order valence-electron chi connectivity index (χ0n) is 11.9. The van der Waals surface area contributed by atoms with Gasteiger partial charge < -0.3 is 10.6 Å². The zero-order chi connectivity index (χ0) is 14.4. The van der Waals surface area contributed by atoms with Gasteiger partial charge in [-0.2, -0.15) is 0 Å². The summed E-state index contributed by atoms with van der Waals surface area (Å²) >= 11 is 0. The quantitative estimate of drug-likeness (QED) is 0.792. The molecule has 2 unspecified atom stereocenters. The van der Waals surface area contributed by atoms with Crippen molar-refractivity contribution in [1.82, 2.24) is 10.6 Å². The first kappa shape index (κ1) is 14.6. The maximum absolute atomic E-state index is 11.9. The van der Waals surface area contributed by atoms with E-state index in [0.717, 1.165) is 12.8 Å². The number of carbonyl (C=O) groups excluding carboxylic acids is 2. The molecule has 1 saturated carbocycles. The molecule has 108 valence electrons. The van der Waals surface area contributed by atoms with Crippen LogP contribution in [0.3, 0.4) is 0 Å². The molecule has 1 aliphatic carbocycles. The minimum Gasteiger partial charge on any atom is -0.356 e. The van der Waals surface area contributed by atoms with E-state index < -0.39 is 0 Å². The highest BCUT2D eigenvalue weighted by Crippen LogP contribution is 2.38. The smallest absolute Gasteiger partial charge is 0.223 e. The van der Waals surface area contributed by atoms with Crippen molar-refractivity contribution < 1.29 is 9.59 Å². The fraction of sp³-hybridized carbons (Fsp3) is 0.500. The van der Waals surface area contributed by atoms with Gasteiger partial charge in [0.15, 0.2) is 0 Å². The first-order valence-corrected chi connectivity index (χ1v) is 7.31. The summed E-state index contributed by atoms with van der Waals surface area (Å²) in [6.07, 6.45) is 2.44. The van der Waals surface area contributed by atoms with Crippen molar-refractivity contribution in [1.29, 1.82) is 0 Å². The van der Waals surface area contributed by atoms with E-state index in [-0.39, 0.29) is 23.7 Å². The minimum absolute atomic E-state index is 0.0116. The molecule has 1 aromatic carbocycles. The van der Waals surface area contributed by atoms with E-state index >= 15 is 0 Å². The Hall–Kier alpha value is -1.84. The van der Waals surface area contributed by atoms with Crippen LogP contribution in [-0.4, -0.2) is 24.9 Å². The van der Waals surface area contributed by atoms with Crippen molar-refractivity contribution in [2.24, 2.45) is 11.8 Å². The average Bonchev–Trinajstić information content (AvgIpc) is 3.26. The van der Waals surface area contributed by atoms with E-state index in [9.17, 15) is 9.59 Å². The topological polar surface area (TPSA) is 58.2 Å². The van der Waals surface area contributed by atoms with Crippen molar-refractivity contribution in [3.63, 3.8) is 0 Å². The molecule has 1 fully saturated rings. The number of amides is 2. The van der Waals surface area contributed by atoms with E-state index in [0.29, 0.717) is 19.5 Å². The highest BCUT2D eigenvalue weighted by atomic mass is 16.2. The average molecular weight is 274 g/mol. The molecular formula is C16H22N2O2. The zero-order valence-corrected chi connectivity index (χ0v) is 11.9. The summed E-state index contributed by atoms with van der Waals surface area (Å²) in [5.41, 5.74) is 1.21. The van der Waals surface area contributed by atoms with Crippen LogP contribution in [0.25, 0.3) is 0 Å². The van der Waals surface area contributed by atoms with Gasteiger partial charge >= 0.3 is 0 Å². The maximum atomic E-state index is 11.9. The fourth-order valence-electron chi connectivity index (χ4n) is 2.26. The second-order valence-corrected chi connectivity index (χ2v) is 5.27. The van der Waals surface area contributed by atoms with Gasteiger partial charge in [0.1, 0.15) is 0 Å². The molecule has 1 aromatic rings. The Labute approximate surface area is 119 Å². The van der Waals surface area contributed by atoms with Crippen molar-refractivity contribution in [3.8, 4) is 0 Å². The summed E-state index contributed by atoms with van der Waals surface area (Å²) in [6.45, 7) is 3.33. The van der Waals surface area contributed by atoms with Crippen LogP contribution in [0, 0.1) is 11.8 Å². The molecule has 0 saturated heterocycles. The molecule has 4 heteroatoms. The SMILES string of the molecule is CCCNC(=O)C1CC1C(=O)NCCc1ccccc1. The van der Waals surface area contributed by atoms with E-state index in [1.807, 2.05) is 37.3 Å². The highest BCUT2D eigenvalue weighted by Gasteiger charge is 2.47. The summed E-state index contributed by atoms with van der Waals surface area (Å²) in [5.74, 6) is -0.200. The molecule has 1 aliphatic rings. The van der Waals surface area contributed by atoms with Crippen LogP contribution >= 0.6 is 0 Å². The summed E-state index contributed by atoms with van der Waals surface area (Å²) < 4.78 is 0. The minimum atomic E-state index is -0.123. The summed E-state index contributed by atoms with van der Waals surface area (Å²) in [5, 5.41) is 5.76. The summed E-state index contributed by atoms with van der Waals surface area (Å²) in [6, 6.07) is 10.1. The molecule has 0 radical (unpaired) electrons. The highest BCUT2D eigenvalue weighted by molar-refractivity contribution is 5.92. The lowest BCUT2D eigenvalue weighted by molar-refractivity contribution is -0.127. The van der Waals surface area contributed by atoms with Gasteiger partial charge in [-0.1, -0.05) is 37.3 Å². The molecule has 0 spiro atoms. The molecule has 0 aliphatic heterocycles. The normalized spacial score (nSPS) is 20.2. The Morgan fingerprint density at radius 2 is 1.65 bits per heavy atom. The maximum Gasteiger partial charge on any atom is 0.223 e. The van der Waals surface area contributed by atoms with Crippen LogP contribution in [0.1, 0.15) is 25.3 Å². The van der Waals surface area contributed by atoms with Gasteiger partial charge in [0.25, 0.3) is 0 Å². The van der Waals surface area contributed by atoms with Crippen molar-refractivity contribution in [2.45, 2.75) is 26.2 Å². The van der Waals surface area contributed by atoms with E-state index in [1.165, 1.54) is 5.56 Å². The van der Waals surface area contributed by atoms with E-state index in [4.69, 9.17) is 0 Å². The van der Waals surface area contributed by atoms with Gasteiger partial charge in [0, 0.05) is 13.1 Å². The lowest BCUT2D eigenvalue weighted by Crippen LogP contribution is -2.31. The van der Waals surface area contributed by atoms with Gasteiger partial charge in [-0.25, -0.2) is 0 Å². The van der Waals surface area contributed by atoms with Crippen LogP contribution in [0.4, 0.5) is 0 Å². The lowest BCUT2D eigenvalue weighted by Gasteiger charge is -2.05. The summed E-state index contributed by atoms with van der Waals surface area (Å²) in [7, 11) is 0. The number of hydrogen-bond acceptors (Lipinski definition) is 2. The Morgan fingerprint density at radius 3 is 2.25 bits per heavy atom. The second-order valence-electron chi connectivity index (χ2n) is 5.27. The Kier molecular flexibility index (Phi) is 5.16. The van der Waals surface area contributed by atoms with Crippen molar-refractivity contribution in [2.75, 3.05) is 13.1 Å². The van der Waals surface area contributed by atoms with Gasteiger partial charge in [-0.3, -0.25) is 9.59 Å². The molecule has 0 aromatic heterocycles. The van der Waals surface area contributed by atoms with Crippen LogP contribution < -0.4 is 10.6 Å². The third kappa shape index (κ3) is 4.08. The molecule has 2 N–H and O–H groups in total. The molecule has 20 heavy (non-hydrogen) atoms. The predicted molar refractivity (Wildman–Crippen MR) is 78.1 cm³/mol. The van der Waals surface area contributed by atoms with Crippen LogP contribution in [0.15, 0.2) is 30.3 Å². The molecule has 2 atom stereocenters. The monoisotopic (exact) mass is 274 g/mol. The van der Waals surface area contributed by atoms with Gasteiger partial charge in [0.2, 0.25) is 11.8 Å². The molecular weight excluding hydrogens is 252 g/mol. The number of benzene rings is 1. The molecule has 0 bridgehead atoms. The largest absolute Gasteiger partial charge is 0.356 e. The fourth-order valence-corrected chi connectivity index (χ4v) is 2.26. The summed E-state index contributed by atoms with van der Waals surface area (Å²) in [4.78, 5) is 23.6.